The van der Waals surface area contributed by atoms with Gasteiger partial charge in [0.2, 0.25) is 12.5 Å². The van der Waals surface area contributed by atoms with Crippen LogP contribution in [0.1, 0.15) is 18.4 Å². The molecule has 1 N–H and O–H groups in total. The van der Waals surface area contributed by atoms with Crippen molar-refractivity contribution in [2.24, 2.45) is 5.92 Å². The summed E-state index contributed by atoms with van der Waals surface area (Å²) >= 11 is 0. The molecular formula is C16H24N2O3. The summed E-state index contributed by atoms with van der Waals surface area (Å²) in [7, 11) is 3.86. The molecule has 2 aliphatic heterocycles. The van der Waals surface area contributed by atoms with Gasteiger partial charge in [-0.05, 0) is 56.6 Å². The maximum atomic E-state index is 5.46. The van der Waals surface area contributed by atoms with E-state index >= 15 is 0 Å². The third-order valence-electron chi connectivity index (χ3n) is 4.20. The van der Waals surface area contributed by atoms with E-state index in [-0.39, 0.29) is 6.79 Å². The number of piperidine rings is 1. The van der Waals surface area contributed by atoms with Crippen LogP contribution in [0.4, 0.5) is 0 Å². The molecule has 1 atom stereocenters. The molecule has 1 aromatic rings. The molecule has 1 saturated heterocycles. The van der Waals surface area contributed by atoms with Crippen molar-refractivity contribution in [3.8, 4) is 17.2 Å². The van der Waals surface area contributed by atoms with Gasteiger partial charge in [0.05, 0.1) is 7.11 Å². The van der Waals surface area contributed by atoms with E-state index < -0.39 is 0 Å². The first-order valence-corrected chi connectivity index (χ1v) is 7.62. The van der Waals surface area contributed by atoms with Crippen LogP contribution in [0.5, 0.6) is 17.2 Å². The van der Waals surface area contributed by atoms with Crippen molar-refractivity contribution in [1.82, 2.24) is 10.2 Å². The number of hydrogen-bond acceptors (Lipinski definition) is 5. The highest BCUT2D eigenvalue weighted by molar-refractivity contribution is 5.55. The molecule has 0 unspecified atom stereocenters. The van der Waals surface area contributed by atoms with Gasteiger partial charge in [0, 0.05) is 13.1 Å². The summed E-state index contributed by atoms with van der Waals surface area (Å²) in [5.41, 5.74) is 1.17. The van der Waals surface area contributed by atoms with Crippen LogP contribution in [0.25, 0.3) is 0 Å². The Kier molecular flexibility index (Phi) is 4.51. The van der Waals surface area contributed by atoms with Gasteiger partial charge in [-0.3, -0.25) is 0 Å². The highest BCUT2D eigenvalue weighted by atomic mass is 16.7. The normalized spacial score (nSPS) is 21.5. The van der Waals surface area contributed by atoms with E-state index in [1.807, 2.05) is 12.1 Å². The van der Waals surface area contributed by atoms with E-state index in [0.29, 0.717) is 0 Å². The first-order chi connectivity index (χ1) is 10.3. The Morgan fingerprint density at radius 3 is 3.10 bits per heavy atom. The zero-order chi connectivity index (χ0) is 14.7. The van der Waals surface area contributed by atoms with Crippen molar-refractivity contribution in [2.45, 2.75) is 19.4 Å². The number of fused-ring (bicyclic) bond motifs is 1. The van der Waals surface area contributed by atoms with Crippen LogP contribution in [0.3, 0.4) is 0 Å². The predicted octanol–water partition coefficient (Wildman–Crippen LogP) is 1.86. The molecule has 1 aromatic carbocycles. The molecule has 2 aliphatic rings. The van der Waals surface area contributed by atoms with Crippen LogP contribution in [0.2, 0.25) is 0 Å². The van der Waals surface area contributed by atoms with Gasteiger partial charge >= 0.3 is 0 Å². The van der Waals surface area contributed by atoms with Gasteiger partial charge in [0.15, 0.2) is 11.5 Å². The average molecular weight is 292 g/mol. The van der Waals surface area contributed by atoms with Gasteiger partial charge in [-0.2, -0.15) is 0 Å². The van der Waals surface area contributed by atoms with E-state index in [9.17, 15) is 0 Å². The summed E-state index contributed by atoms with van der Waals surface area (Å²) in [6, 6.07) is 4.05. The topological polar surface area (TPSA) is 43.0 Å². The Morgan fingerprint density at radius 1 is 1.38 bits per heavy atom. The fourth-order valence-corrected chi connectivity index (χ4v) is 3.15. The predicted molar refractivity (Wildman–Crippen MR) is 81.0 cm³/mol. The van der Waals surface area contributed by atoms with Crippen LogP contribution in [0, 0.1) is 5.92 Å². The molecule has 0 bridgehead atoms. The SMILES string of the molecule is COc1cc(CNC[C@H]2CCCN(C)C2)cc2c1OCO2. The molecule has 1 fully saturated rings. The number of nitrogens with zero attached hydrogens (tertiary/aromatic N) is 1. The van der Waals surface area contributed by atoms with Crippen LogP contribution >= 0.6 is 0 Å². The van der Waals surface area contributed by atoms with E-state index in [0.717, 1.165) is 36.3 Å². The maximum absolute atomic E-state index is 5.46. The van der Waals surface area contributed by atoms with Gasteiger partial charge < -0.3 is 24.4 Å². The second kappa shape index (κ2) is 6.54. The van der Waals surface area contributed by atoms with Crippen LogP contribution in [-0.4, -0.2) is 45.5 Å². The average Bonchev–Trinajstić information content (AvgIpc) is 2.95. The lowest BCUT2D eigenvalue weighted by atomic mass is 9.98. The van der Waals surface area contributed by atoms with Crippen LogP contribution in [0.15, 0.2) is 12.1 Å². The molecule has 3 rings (SSSR count). The summed E-state index contributed by atoms with van der Waals surface area (Å²) < 4.78 is 16.2. The van der Waals surface area contributed by atoms with Gasteiger partial charge in [0.1, 0.15) is 0 Å². The Balaban J connectivity index is 1.56. The third kappa shape index (κ3) is 3.41. The van der Waals surface area contributed by atoms with Crippen molar-refractivity contribution in [1.29, 1.82) is 0 Å². The van der Waals surface area contributed by atoms with Crippen molar-refractivity contribution in [3.63, 3.8) is 0 Å². The van der Waals surface area contributed by atoms with Gasteiger partial charge in [-0.25, -0.2) is 0 Å². The Morgan fingerprint density at radius 2 is 2.29 bits per heavy atom. The summed E-state index contributed by atoms with van der Waals surface area (Å²) in [6.07, 6.45) is 2.63. The van der Waals surface area contributed by atoms with Crippen molar-refractivity contribution < 1.29 is 14.2 Å². The monoisotopic (exact) mass is 292 g/mol. The number of hydrogen-bond donors (Lipinski definition) is 1. The number of benzene rings is 1. The molecule has 0 spiro atoms. The quantitative estimate of drug-likeness (QED) is 0.897. The van der Waals surface area contributed by atoms with E-state index in [2.05, 4.69) is 17.3 Å². The molecule has 2 heterocycles. The van der Waals surface area contributed by atoms with Crippen molar-refractivity contribution in [3.05, 3.63) is 17.7 Å². The van der Waals surface area contributed by atoms with E-state index in [4.69, 9.17) is 14.2 Å². The smallest absolute Gasteiger partial charge is 0.231 e. The number of rotatable bonds is 5. The number of ether oxygens (including phenoxy) is 3. The third-order valence-corrected chi connectivity index (χ3v) is 4.20. The zero-order valence-electron chi connectivity index (χ0n) is 12.9. The number of methoxy groups -OCH3 is 1. The molecule has 5 heteroatoms. The van der Waals surface area contributed by atoms with Gasteiger partial charge in [0.25, 0.3) is 0 Å². The second-order valence-corrected chi connectivity index (χ2v) is 5.93. The molecular weight excluding hydrogens is 268 g/mol. The summed E-state index contributed by atoms with van der Waals surface area (Å²) in [6.45, 7) is 4.58. The Labute approximate surface area is 126 Å². The van der Waals surface area contributed by atoms with Gasteiger partial charge in [-0.15, -0.1) is 0 Å². The lowest BCUT2D eigenvalue weighted by Gasteiger charge is -2.29. The molecule has 116 valence electrons. The molecule has 0 aromatic heterocycles. The molecule has 0 aliphatic carbocycles. The van der Waals surface area contributed by atoms with Crippen molar-refractivity contribution in [2.75, 3.05) is 40.6 Å². The van der Waals surface area contributed by atoms with Gasteiger partial charge in [-0.1, -0.05) is 0 Å². The molecule has 0 radical (unpaired) electrons. The number of nitrogens with one attached hydrogen (secondary N) is 1. The molecule has 0 saturated carbocycles. The minimum absolute atomic E-state index is 0.275. The summed E-state index contributed by atoms with van der Waals surface area (Å²) in [4.78, 5) is 2.42. The summed E-state index contributed by atoms with van der Waals surface area (Å²) in [5, 5.41) is 3.56. The zero-order valence-corrected chi connectivity index (χ0v) is 12.9. The molecule has 5 nitrogen and oxygen atoms in total. The molecule has 0 amide bonds. The van der Waals surface area contributed by atoms with E-state index in [1.165, 1.54) is 31.5 Å². The van der Waals surface area contributed by atoms with Crippen molar-refractivity contribution >= 4 is 0 Å². The first kappa shape index (κ1) is 14.5. The fourth-order valence-electron chi connectivity index (χ4n) is 3.15. The fraction of sp³-hybridized carbons (Fsp3) is 0.625. The highest BCUT2D eigenvalue weighted by Crippen LogP contribution is 2.41. The lowest BCUT2D eigenvalue weighted by Crippen LogP contribution is -2.37. The maximum Gasteiger partial charge on any atom is 0.231 e. The largest absolute Gasteiger partial charge is 0.493 e. The standard InChI is InChI=1S/C16H24N2O3/c1-18-5-3-4-12(10-18)8-17-9-13-6-14(19-2)16-15(7-13)20-11-21-16/h6-7,12,17H,3-5,8-11H2,1-2H3/t12-/m1/s1. The minimum atomic E-state index is 0.275. The highest BCUT2D eigenvalue weighted by Gasteiger charge is 2.20. The minimum Gasteiger partial charge on any atom is -0.493 e. The first-order valence-electron chi connectivity index (χ1n) is 7.62. The van der Waals surface area contributed by atoms with E-state index in [1.54, 1.807) is 7.11 Å². The lowest BCUT2D eigenvalue weighted by molar-refractivity contribution is 0.171. The number of likely N-dealkylation sites (tertiary alicyclic amines) is 1. The Hall–Kier alpha value is -1.46. The Bertz CT molecular complexity index is 493. The van der Waals surface area contributed by atoms with Crippen LogP contribution < -0.4 is 19.5 Å². The van der Waals surface area contributed by atoms with Crippen LogP contribution in [-0.2, 0) is 6.54 Å². The summed E-state index contributed by atoms with van der Waals surface area (Å²) in [5.74, 6) is 3.00. The second-order valence-electron chi connectivity index (χ2n) is 5.93. The molecule has 21 heavy (non-hydrogen) atoms.